The molecule has 76 valence electrons. The maximum absolute atomic E-state index is 11.3. The fourth-order valence-electron chi connectivity index (χ4n) is 1.99. The van der Waals surface area contributed by atoms with Gasteiger partial charge in [-0.1, -0.05) is 42.5 Å². The molecular weight excluding hydrogens is 208 g/mol. The number of fused-ring (bicyclic) bond motifs is 1. The van der Waals surface area contributed by atoms with Crippen molar-refractivity contribution in [2.24, 2.45) is 0 Å². The van der Waals surface area contributed by atoms with Gasteiger partial charge in [0.1, 0.15) is 5.25 Å². The van der Waals surface area contributed by atoms with E-state index in [4.69, 9.17) is 0 Å². The lowest BCUT2D eigenvalue weighted by atomic mass is 10.0. The van der Waals surface area contributed by atoms with Crippen LogP contribution in [0, 0.1) is 0 Å². The molecule has 0 spiro atoms. The van der Waals surface area contributed by atoms with Crippen LogP contribution in [0.2, 0.25) is 0 Å². The molecule has 3 rings (SSSR count). The van der Waals surface area contributed by atoms with Crippen LogP contribution in [-0.4, -0.2) is 14.2 Å². The van der Waals surface area contributed by atoms with Gasteiger partial charge in [0.25, 0.3) is 0 Å². The zero-order chi connectivity index (χ0) is 10.5. The quantitative estimate of drug-likeness (QED) is 0.688. The summed E-state index contributed by atoms with van der Waals surface area (Å²) >= 11 is 0. The van der Waals surface area contributed by atoms with Crippen molar-refractivity contribution in [3.63, 3.8) is 0 Å². The van der Waals surface area contributed by atoms with Crippen molar-refractivity contribution < 1.29 is 8.42 Å². The Morgan fingerprint density at radius 3 is 2.40 bits per heavy atom. The Morgan fingerprint density at radius 2 is 1.67 bits per heavy atom. The Hall–Kier alpha value is -1.35. The standard InChI is InChI=1S/C12H10O2S/c13-15(14)8-12(15)11-7-3-5-9-4-1-2-6-10(9)11/h1-7,12H,8H2. The maximum atomic E-state index is 11.3. The van der Waals surface area contributed by atoms with E-state index in [0.29, 0.717) is 5.75 Å². The van der Waals surface area contributed by atoms with E-state index in [9.17, 15) is 8.42 Å². The van der Waals surface area contributed by atoms with Crippen LogP contribution in [0.5, 0.6) is 0 Å². The lowest BCUT2D eigenvalue weighted by Crippen LogP contribution is -1.85. The molecule has 1 heterocycles. The molecule has 2 aromatic carbocycles. The summed E-state index contributed by atoms with van der Waals surface area (Å²) in [5, 5.41) is 1.91. The van der Waals surface area contributed by atoms with Crippen LogP contribution in [0.15, 0.2) is 42.5 Å². The van der Waals surface area contributed by atoms with Gasteiger partial charge in [-0.2, -0.15) is 0 Å². The molecule has 1 atom stereocenters. The highest BCUT2D eigenvalue weighted by molar-refractivity contribution is 7.98. The van der Waals surface area contributed by atoms with Gasteiger partial charge in [0.15, 0.2) is 9.84 Å². The molecule has 1 unspecified atom stereocenters. The van der Waals surface area contributed by atoms with Crippen molar-refractivity contribution in [3.05, 3.63) is 48.0 Å². The molecule has 1 aliphatic rings. The predicted octanol–water partition coefficient (Wildman–Crippen LogP) is 2.31. The molecule has 1 saturated heterocycles. The first-order chi connectivity index (χ1) is 7.18. The average Bonchev–Trinajstić information content (AvgIpc) is 2.87. The van der Waals surface area contributed by atoms with E-state index in [1.54, 1.807) is 0 Å². The monoisotopic (exact) mass is 218 g/mol. The molecule has 2 nitrogen and oxygen atoms in total. The number of sulfone groups is 1. The summed E-state index contributed by atoms with van der Waals surface area (Å²) in [5.41, 5.74) is 0.952. The van der Waals surface area contributed by atoms with E-state index in [2.05, 4.69) is 0 Å². The summed E-state index contributed by atoms with van der Waals surface area (Å²) < 4.78 is 22.6. The van der Waals surface area contributed by atoms with Crippen LogP contribution in [0.3, 0.4) is 0 Å². The Labute approximate surface area is 88.5 Å². The van der Waals surface area contributed by atoms with E-state index in [1.165, 1.54) is 0 Å². The third kappa shape index (κ3) is 1.35. The molecule has 0 bridgehead atoms. The Bertz CT molecular complexity index is 624. The molecule has 2 aromatic rings. The number of rotatable bonds is 1. The van der Waals surface area contributed by atoms with Gasteiger partial charge in [-0.15, -0.1) is 0 Å². The molecule has 3 heteroatoms. The summed E-state index contributed by atoms with van der Waals surface area (Å²) in [7, 11) is -2.80. The summed E-state index contributed by atoms with van der Waals surface area (Å²) in [6, 6.07) is 13.7. The van der Waals surface area contributed by atoms with Gasteiger partial charge in [-0.25, -0.2) is 8.42 Å². The van der Waals surface area contributed by atoms with E-state index in [0.717, 1.165) is 16.3 Å². The molecule has 0 amide bonds. The molecule has 0 aliphatic carbocycles. The maximum Gasteiger partial charge on any atom is 0.159 e. The van der Waals surface area contributed by atoms with Crippen LogP contribution in [0.4, 0.5) is 0 Å². The van der Waals surface area contributed by atoms with Gasteiger partial charge in [0, 0.05) is 0 Å². The second kappa shape index (κ2) is 2.83. The van der Waals surface area contributed by atoms with Crippen molar-refractivity contribution in [2.75, 3.05) is 5.75 Å². The SMILES string of the molecule is O=S1(=O)CC1c1cccc2ccccc12. The van der Waals surface area contributed by atoms with E-state index in [-0.39, 0.29) is 5.25 Å². The molecule has 1 fully saturated rings. The third-order valence-corrected chi connectivity index (χ3v) is 4.53. The van der Waals surface area contributed by atoms with Crippen molar-refractivity contribution in [1.82, 2.24) is 0 Å². The molecule has 0 radical (unpaired) electrons. The summed E-state index contributed by atoms with van der Waals surface area (Å²) in [6.07, 6.45) is 0. The lowest BCUT2D eigenvalue weighted by Gasteiger charge is -2.02. The number of hydrogen-bond acceptors (Lipinski definition) is 2. The van der Waals surface area contributed by atoms with Crippen molar-refractivity contribution in [2.45, 2.75) is 5.25 Å². The zero-order valence-electron chi connectivity index (χ0n) is 8.05. The lowest BCUT2D eigenvalue weighted by molar-refractivity contribution is 0.613. The number of benzene rings is 2. The Morgan fingerprint density at radius 1 is 1.00 bits per heavy atom. The fraction of sp³-hybridized carbons (Fsp3) is 0.167. The van der Waals surface area contributed by atoms with Gasteiger partial charge in [0.2, 0.25) is 0 Å². The van der Waals surface area contributed by atoms with Gasteiger partial charge in [0.05, 0.1) is 5.75 Å². The normalized spacial score (nSPS) is 22.8. The van der Waals surface area contributed by atoms with Crippen LogP contribution < -0.4 is 0 Å². The highest BCUT2D eigenvalue weighted by Gasteiger charge is 2.45. The van der Waals surface area contributed by atoms with Crippen LogP contribution >= 0.6 is 0 Å². The minimum atomic E-state index is -2.80. The van der Waals surface area contributed by atoms with Crippen molar-refractivity contribution in [3.8, 4) is 0 Å². The first-order valence-corrected chi connectivity index (χ1v) is 6.59. The minimum Gasteiger partial charge on any atom is -0.228 e. The third-order valence-electron chi connectivity index (χ3n) is 2.87. The predicted molar refractivity (Wildman–Crippen MR) is 60.5 cm³/mol. The fourth-order valence-corrected chi connectivity index (χ4v) is 3.43. The topological polar surface area (TPSA) is 34.1 Å². The Kier molecular flexibility index (Phi) is 1.68. The first kappa shape index (κ1) is 8.92. The van der Waals surface area contributed by atoms with Gasteiger partial charge >= 0.3 is 0 Å². The summed E-state index contributed by atoms with van der Waals surface area (Å²) in [6.45, 7) is 0. The molecule has 15 heavy (non-hydrogen) atoms. The highest BCUT2D eigenvalue weighted by Crippen LogP contribution is 2.41. The van der Waals surface area contributed by atoms with Crippen LogP contribution in [0.1, 0.15) is 10.8 Å². The van der Waals surface area contributed by atoms with E-state index in [1.807, 2.05) is 42.5 Å². The van der Waals surface area contributed by atoms with Gasteiger partial charge in [-0.3, -0.25) is 0 Å². The number of hydrogen-bond donors (Lipinski definition) is 0. The molecule has 0 saturated carbocycles. The van der Waals surface area contributed by atoms with Crippen LogP contribution in [0.25, 0.3) is 10.8 Å². The zero-order valence-corrected chi connectivity index (χ0v) is 8.87. The second-order valence-corrected chi connectivity index (χ2v) is 6.11. The average molecular weight is 218 g/mol. The molecular formula is C12H10O2S. The first-order valence-electron chi connectivity index (χ1n) is 4.88. The van der Waals surface area contributed by atoms with E-state index < -0.39 is 9.84 Å². The smallest absolute Gasteiger partial charge is 0.159 e. The summed E-state index contributed by atoms with van der Waals surface area (Å²) in [4.78, 5) is 0. The Balaban J connectivity index is 2.28. The highest BCUT2D eigenvalue weighted by atomic mass is 32.2. The van der Waals surface area contributed by atoms with Crippen LogP contribution in [-0.2, 0) is 9.84 Å². The van der Waals surface area contributed by atoms with E-state index >= 15 is 0 Å². The minimum absolute atomic E-state index is 0.261. The molecule has 0 aromatic heterocycles. The van der Waals surface area contributed by atoms with Gasteiger partial charge in [-0.05, 0) is 16.3 Å². The van der Waals surface area contributed by atoms with Crippen molar-refractivity contribution >= 4 is 20.6 Å². The van der Waals surface area contributed by atoms with Gasteiger partial charge < -0.3 is 0 Å². The summed E-state index contributed by atoms with van der Waals surface area (Å²) in [5.74, 6) is 0.307. The molecule has 1 aliphatic heterocycles. The molecule has 0 N–H and O–H groups in total. The van der Waals surface area contributed by atoms with Crippen molar-refractivity contribution in [1.29, 1.82) is 0 Å². The second-order valence-electron chi connectivity index (χ2n) is 3.89. The largest absolute Gasteiger partial charge is 0.228 e.